The largest absolute Gasteiger partial charge is 0.356 e. The fourth-order valence-corrected chi connectivity index (χ4v) is 4.45. The molecule has 0 aromatic rings. The van der Waals surface area contributed by atoms with E-state index in [1.807, 2.05) is 0 Å². The summed E-state index contributed by atoms with van der Waals surface area (Å²) in [5.41, 5.74) is 0. The smallest absolute Gasteiger partial charge is 0.101 e. The molecule has 0 spiro atoms. The zero-order valence-corrected chi connectivity index (χ0v) is 19.8. The Bertz CT molecular complexity index is 352. The summed E-state index contributed by atoms with van der Waals surface area (Å²) in [6, 6.07) is 0. The maximum Gasteiger partial charge on any atom is 0.101 e. The molecule has 0 radical (unpaired) electrons. The summed E-state index contributed by atoms with van der Waals surface area (Å²) in [6.07, 6.45) is 30.7. The first-order valence-electron chi connectivity index (χ1n) is 13.0. The van der Waals surface area contributed by atoms with Gasteiger partial charge in [0.25, 0.3) is 0 Å². The molecular formula is C26H52N2. The van der Waals surface area contributed by atoms with Gasteiger partial charge in [0.15, 0.2) is 0 Å². The second-order valence-corrected chi connectivity index (χ2v) is 8.99. The van der Waals surface area contributed by atoms with Gasteiger partial charge < -0.3 is 9.80 Å². The first-order valence-corrected chi connectivity index (χ1v) is 13.0. The van der Waals surface area contributed by atoms with Crippen LogP contribution in [0.15, 0.2) is 12.4 Å². The van der Waals surface area contributed by atoms with Gasteiger partial charge in [0.2, 0.25) is 0 Å². The maximum atomic E-state index is 2.63. The van der Waals surface area contributed by atoms with Crippen molar-refractivity contribution in [3.05, 3.63) is 12.4 Å². The van der Waals surface area contributed by atoms with Crippen LogP contribution < -0.4 is 0 Å². The lowest BCUT2D eigenvalue weighted by atomic mass is 10.1. The predicted molar refractivity (Wildman–Crippen MR) is 126 cm³/mol. The van der Waals surface area contributed by atoms with Gasteiger partial charge in [0.05, 0.1) is 0 Å². The highest BCUT2D eigenvalue weighted by molar-refractivity contribution is 4.96. The highest BCUT2D eigenvalue weighted by atomic mass is 15.4. The zero-order chi connectivity index (χ0) is 20.3. The molecule has 1 unspecified atom stereocenters. The van der Waals surface area contributed by atoms with Crippen LogP contribution in [0.2, 0.25) is 0 Å². The summed E-state index contributed by atoms with van der Waals surface area (Å²) in [5.74, 6) is 0. The van der Waals surface area contributed by atoms with E-state index in [1.54, 1.807) is 0 Å². The van der Waals surface area contributed by atoms with Gasteiger partial charge in [-0.05, 0) is 19.3 Å². The number of hydrogen-bond acceptors (Lipinski definition) is 2. The van der Waals surface area contributed by atoms with Gasteiger partial charge in [-0.15, -0.1) is 0 Å². The Balaban J connectivity index is 2.06. The average molecular weight is 393 g/mol. The Kier molecular flexibility index (Phi) is 16.7. The maximum absolute atomic E-state index is 2.63. The van der Waals surface area contributed by atoms with E-state index in [0.29, 0.717) is 6.17 Å². The van der Waals surface area contributed by atoms with Crippen molar-refractivity contribution in [3.63, 3.8) is 0 Å². The van der Waals surface area contributed by atoms with Crippen LogP contribution in [-0.2, 0) is 0 Å². The van der Waals surface area contributed by atoms with Crippen LogP contribution in [0.5, 0.6) is 0 Å². The van der Waals surface area contributed by atoms with Crippen molar-refractivity contribution in [2.45, 2.75) is 143 Å². The Morgan fingerprint density at radius 1 is 0.464 bits per heavy atom. The minimum absolute atomic E-state index is 0.638. The third-order valence-corrected chi connectivity index (χ3v) is 6.30. The van der Waals surface area contributed by atoms with Crippen molar-refractivity contribution in [1.29, 1.82) is 0 Å². The molecule has 2 heteroatoms. The van der Waals surface area contributed by atoms with E-state index < -0.39 is 0 Å². The van der Waals surface area contributed by atoms with Gasteiger partial charge in [0, 0.05) is 25.5 Å². The normalized spacial score (nSPS) is 16.5. The number of unbranched alkanes of at least 4 members (excludes halogenated alkanes) is 14. The van der Waals surface area contributed by atoms with Crippen molar-refractivity contribution >= 4 is 0 Å². The van der Waals surface area contributed by atoms with Crippen molar-refractivity contribution in [2.24, 2.45) is 0 Å². The number of nitrogens with zero attached hydrogens (tertiary/aromatic N) is 2. The van der Waals surface area contributed by atoms with Crippen LogP contribution in [0.25, 0.3) is 0 Å². The van der Waals surface area contributed by atoms with Crippen molar-refractivity contribution in [3.8, 4) is 0 Å². The van der Waals surface area contributed by atoms with E-state index >= 15 is 0 Å². The minimum atomic E-state index is 0.638. The number of rotatable bonds is 20. The first kappa shape index (κ1) is 25.4. The highest BCUT2D eigenvalue weighted by Gasteiger charge is 2.24. The molecular weight excluding hydrogens is 340 g/mol. The summed E-state index contributed by atoms with van der Waals surface area (Å²) in [4.78, 5) is 5.25. The molecule has 1 rings (SSSR count). The minimum Gasteiger partial charge on any atom is -0.356 e. The zero-order valence-electron chi connectivity index (χ0n) is 19.8. The van der Waals surface area contributed by atoms with E-state index in [4.69, 9.17) is 0 Å². The number of hydrogen-bond donors (Lipinski definition) is 0. The van der Waals surface area contributed by atoms with Crippen LogP contribution in [0.3, 0.4) is 0 Å². The lowest BCUT2D eigenvalue weighted by Crippen LogP contribution is -2.39. The highest BCUT2D eigenvalue weighted by Crippen LogP contribution is 2.22. The fraction of sp³-hybridized carbons (Fsp3) is 0.923. The van der Waals surface area contributed by atoms with Crippen LogP contribution in [0.4, 0.5) is 0 Å². The summed E-state index contributed by atoms with van der Waals surface area (Å²) >= 11 is 0. The van der Waals surface area contributed by atoms with E-state index in [2.05, 4.69) is 43.0 Å². The van der Waals surface area contributed by atoms with Gasteiger partial charge in [0.1, 0.15) is 6.17 Å². The summed E-state index contributed by atoms with van der Waals surface area (Å²) in [6.45, 7) is 9.43. The average Bonchev–Trinajstić information content (AvgIpc) is 3.08. The molecule has 1 aliphatic rings. The molecule has 1 aliphatic heterocycles. The topological polar surface area (TPSA) is 6.48 Å². The van der Waals surface area contributed by atoms with E-state index in [9.17, 15) is 0 Å². The summed E-state index contributed by atoms with van der Waals surface area (Å²) < 4.78 is 0. The molecule has 0 fully saturated rings. The molecule has 0 N–H and O–H groups in total. The van der Waals surface area contributed by atoms with E-state index in [1.165, 1.54) is 129 Å². The fourth-order valence-electron chi connectivity index (χ4n) is 4.45. The van der Waals surface area contributed by atoms with Gasteiger partial charge in [-0.1, -0.05) is 117 Å². The Morgan fingerprint density at radius 3 is 1.18 bits per heavy atom. The van der Waals surface area contributed by atoms with Crippen LogP contribution in [0.1, 0.15) is 136 Å². The van der Waals surface area contributed by atoms with Gasteiger partial charge in [-0.2, -0.15) is 0 Å². The molecule has 2 nitrogen and oxygen atoms in total. The molecule has 0 saturated carbocycles. The van der Waals surface area contributed by atoms with E-state index in [-0.39, 0.29) is 0 Å². The monoisotopic (exact) mass is 392 g/mol. The lowest BCUT2D eigenvalue weighted by molar-refractivity contribution is 0.138. The van der Waals surface area contributed by atoms with Gasteiger partial charge in [-0.3, -0.25) is 0 Å². The second kappa shape index (κ2) is 18.4. The molecule has 0 aliphatic carbocycles. The third kappa shape index (κ3) is 12.0. The Hall–Kier alpha value is -0.660. The molecule has 0 aromatic heterocycles. The molecule has 166 valence electrons. The molecule has 0 bridgehead atoms. The summed E-state index contributed by atoms with van der Waals surface area (Å²) in [5, 5.41) is 0. The van der Waals surface area contributed by atoms with Gasteiger partial charge in [-0.25, -0.2) is 0 Å². The summed E-state index contributed by atoms with van der Waals surface area (Å²) in [7, 11) is 0. The predicted octanol–water partition coefficient (Wildman–Crippen LogP) is 8.48. The van der Waals surface area contributed by atoms with Gasteiger partial charge >= 0.3 is 0 Å². The van der Waals surface area contributed by atoms with Crippen LogP contribution in [0, 0.1) is 0 Å². The first-order chi connectivity index (χ1) is 13.8. The van der Waals surface area contributed by atoms with E-state index in [0.717, 1.165) is 0 Å². The van der Waals surface area contributed by atoms with Crippen LogP contribution >= 0.6 is 0 Å². The SMILES string of the molecule is CCCCCCCCCCCCCN1C=CN(CCCCCCC)C1CCC. The lowest BCUT2D eigenvalue weighted by Gasteiger charge is -2.33. The van der Waals surface area contributed by atoms with Crippen molar-refractivity contribution in [1.82, 2.24) is 9.80 Å². The van der Waals surface area contributed by atoms with Crippen LogP contribution in [-0.4, -0.2) is 29.1 Å². The molecule has 0 aromatic carbocycles. The molecule has 1 atom stereocenters. The molecule has 0 saturated heterocycles. The third-order valence-electron chi connectivity index (χ3n) is 6.30. The molecule has 0 amide bonds. The van der Waals surface area contributed by atoms with Crippen molar-refractivity contribution in [2.75, 3.05) is 13.1 Å². The second-order valence-electron chi connectivity index (χ2n) is 8.99. The van der Waals surface area contributed by atoms with Crippen molar-refractivity contribution < 1.29 is 0 Å². The molecule has 1 heterocycles. The molecule has 28 heavy (non-hydrogen) atoms. The Morgan fingerprint density at radius 2 is 0.821 bits per heavy atom. The standard InChI is InChI=1S/C26H52N2/c1-4-7-9-11-12-13-14-15-16-18-20-23-28-25-24-27(26(28)21-6-3)22-19-17-10-8-5-2/h24-26H,4-23H2,1-3H3. The Labute approximate surface area is 178 Å². The quantitative estimate of drug-likeness (QED) is 0.192.